The average Bonchev–Trinajstić information content (AvgIpc) is 3.04. The van der Waals surface area contributed by atoms with Crippen molar-refractivity contribution in [1.29, 1.82) is 0 Å². The summed E-state index contributed by atoms with van der Waals surface area (Å²) in [5, 5.41) is 5.13. The van der Waals surface area contributed by atoms with Crippen molar-refractivity contribution in [2.45, 2.75) is 26.3 Å². The molecule has 1 aliphatic rings. The summed E-state index contributed by atoms with van der Waals surface area (Å²) in [6.45, 7) is 3.66. The molecule has 8 heteroatoms. The molecule has 0 aliphatic carbocycles. The fraction of sp³-hybridized carbons (Fsp3) is 0.438. The smallest absolute Gasteiger partial charge is 0.338 e. The normalized spacial score (nSPS) is 13.1. The summed E-state index contributed by atoms with van der Waals surface area (Å²) in [6.07, 6.45) is 0.805. The van der Waals surface area contributed by atoms with Crippen LogP contribution >= 0.6 is 0 Å². The molecule has 2 rings (SSSR count). The third-order valence-electron chi connectivity index (χ3n) is 3.26. The molecule has 1 aromatic rings. The standard InChI is InChI=1S/C16H20N2O6/c1-3-6-17-15(20)10(2)18-14(19)8-22-16(21)11-4-5-12-13(7-11)24-9-23-12/h4-5,7,10H,3,6,8-9H2,1-2H3,(H,17,20)(H,18,19)/t10-/m1/s1. The van der Waals surface area contributed by atoms with Crippen molar-refractivity contribution in [3.63, 3.8) is 0 Å². The molecule has 0 radical (unpaired) electrons. The quantitative estimate of drug-likeness (QED) is 0.707. The first-order chi connectivity index (χ1) is 11.5. The average molecular weight is 336 g/mol. The second kappa shape index (κ2) is 8.19. The lowest BCUT2D eigenvalue weighted by atomic mass is 10.2. The van der Waals surface area contributed by atoms with Crippen molar-refractivity contribution in [2.24, 2.45) is 0 Å². The van der Waals surface area contributed by atoms with Crippen LogP contribution in [0.2, 0.25) is 0 Å². The molecule has 0 spiro atoms. The molecular formula is C16H20N2O6. The molecule has 0 saturated heterocycles. The molecule has 1 heterocycles. The van der Waals surface area contributed by atoms with Gasteiger partial charge in [0.05, 0.1) is 5.56 Å². The lowest BCUT2D eigenvalue weighted by molar-refractivity contribution is -0.130. The van der Waals surface area contributed by atoms with E-state index in [0.29, 0.717) is 18.0 Å². The highest BCUT2D eigenvalue weighted by Gasteiger charge is 2.19. The number of carbonyl (C=O) groups is 3. The van der Waals surface area contributed by atoms with Crippen LogP contribution in [0.1, 0.15) is 30.6 Å². The summed E-state index contributed by atoms with van der Waals surface area (Å²) in [5.41, 5.74) is 0.251. The molecule has 0 bridgehead atoms. The summed E-state index contributed by atoms with van der Waals surface area (Å²) in [6, 6.07) is 3.91. The Balaban J connectivity index is 1.79. The van der Waals surface area contributed by atoms with Gasteiger partial charge >= 0.3 is 5.97 Å². The van der Waals surface area contributed by atoms with Crippen LogP contribution in [-0.2, 0) is 14.3 Å². The number of hydrogen-bond acceptors (Lipinski definition) is 6. The minimum Gasteiger partial charge on any atom is -0.454 e. The second-order valence-corrected chi connectivity index (χ2v) is 5.22. The van der Waals surface area contributed by atoms with Crippen LogP contribution in [0.4, 0.5) is 0 Å². The Hall–Kier alpha value is -2.77. The molecule has 0 unspecified atom stereocenters. The molecule has 2 amide bonds. The van der Waals surface area contributed by atoms with Crippen molar-refractivity contribution < 1.29 is 28.6 Å². The van der Waals surface area contributed by atoms with Crippen LogP contribution in [0.15, 0.2) is 18.2 Å². The van der Waals surface area contributed by atoms with Gasteiger partial charge in [0.25, 0.3) is 5.91 Å². The van der Waals surface area contributed by atoms with E-state index < -0.39 is 24.5 Å². The summed E-state index contributed by atoms with van der Waals surface area (Å²) in [5.74, 6) is -0.492. The van der Waals surface area contributed by atoms with Gasteiger partial charge in [-0.15, -0.1) is 0 Å². The highest BCUT2D eigenvalue weighted by molar-refractivity contribution is 5.93. The van der Waals surface area contributed by atoms with E-state index in [1.54, 1.807) is 13.0 Å². The Kier molecular flexibility index (Phi) is 6.00. The maximum Gasteiger partial charge on any atom is 0.338 e. The second-order valence-electron chi connectivity index (χ2n) is 5.22. The van der Waals surface area contributed by atoms with Crippen LogP contribution in [0, 0.1) is 0 Å². The number of nitrogens with one attached hydrogen (secondary N) is 2. The fourth-order valence-corrected chi connectivity index (χ4v) is 1.99. The van der Waals surface area contributed by atoms with E-state index in [9.17, 15) is 14.4 Å². The van der Waals surface area contributed by atoms with Gasteiger partial charge in [0, 0.05) is 6.54 Å². The van der Waals surface area contributed by atoms with Crippen molar-refractivity contribution in [2.75, 3.05) is 19.9 Å². The molecule has 1 atom stereocenters. The zero-order valence-corrected chi connectivity index (χ0v) is 13.6. The Morgan fingerprint density at radius 1 is 1.25 bits per heavy atom. The Morgan fingerprint density at radius 3 is 2.75 bits per heavy atom. The molecule has 1 aliphatic heterocycles. The Bertz CT molecular complexity index is 631. The topological polar surface area (TPSA) is 103 Å². The van der Waals surface area contributed by atoms with E-state index in [-0.39, 0.29) is 18.3 Å². The number of benzene rings is 1. The van der Waals surface area contributed by atoms with Gasteiger partial charge in [-0.25, -0.2) is 4.79 Å². The van der Waals surface area contributed by atoms with Gasteiger partial charge in [0.1, 0.15) is 6.04 Å². The molecule has 130 valence electrons. The number of amides is 2. The lowest BCUT2D eigenvalue weighted by Gasteiger charge is -2.13. The Labute approximate surface area is 139 Å². The van der Waals surface area contributed by atoms with E-state index in [1.165, 1.54) is 12.1 Å². The highest BCUT2D eigenvalue weighted by atomic mass is 16.7. The number of carbonyl (C=O) groups excluding carboxylic acids is 3. The van der Waals surface area contributed by atoms with Crippen molar-refractivity contribution in [3.05, 3.63) is 23.8 Å². The molecule has 8 nitrogen and oxygen atoms in total. The summed E-state index contributed by atoms with van der Waals surface area (Å²) >= 11 is 0. The van der Waals surface area contributed by atoms with Gasteiger partial charge in [-0.05, 0) is 31.5 Å². The summed E-state index contributed by atoms with van der Waals surface area (Å²) in [7, 11) is 0. The summed E-state index contributed by atoms with van der Waals surface area (Å²) in [4.78, 5) is 35.3. The van der Waals surface area contributed by atoms with Crippen LogP contribution in [-0.4, -0.2) is 43.8 Å². The van der Waals surface area contributed by atoms with Gasteiger partial charge in [0.2, 0.25) is 12.7 Å². The molecule has 0 saturated carbocycles. The van der Waals surface area contributed by atoms with Crippen molar-refractivity contribution >= 4 is 17.8 Å². The van der Waals surface area contributed by atoms with Gasteiger partial charge in [0.15, 0.2) is 18.1 Å². The number of hydrogen-bond donors (Lipinski definition) is 2. The first-order valence-electron chi connectivity index (χ1n) is 7.65. The van der Waals surface area contributed by atoms with Gasteiger partial charge < -0.3 is 24.8 Å². The van der Waals surface area contributed by atoms with Crippen LogP contribution in [0.25, 0.3) is 0 Å². The lowest BCUT2D eigenvalue weighted by Crippen LogP contribution is -2.46. The first kappa shape index (κ1) is 17.6. The maximum absolute atomic E-state index is 11.9. The van der Waals surface area contributed by atoms with Crippen molar-refractivity contribution in [1.82, 2.24) is 10.6 Å². The summed E-state index contributed by atoms with van der Waals surface area (Å²) < 4.78 is 15.3. The predicted octanol–water partition coefficient (Wildman–Crippen LogP) is 0.603. The van der Waals surface area contributed by atoms with Crippen LogP contribution in [0.5, 0.6) is 11.5 Å². The van der Waals surface area contributed by atoms with Crippen molar-refractivity contribution in [3.8, 4) is 11.5 Å². The van der Waals surface area contributed by atoms with Gasteiger partial charge in [-0.1, -0.05) is 6.92 Å². The number of esters is 1. The third-order valence-corrected chi connectivity index (χ3v) is 3.26. The maximum atomic E-state index is 11.9. The van der Waals surface area contributed by atoms with Crippen LogP contribution < -0.4 is 20.1 Å². The van der Waals surface area contributed by atoms with Gasteiger partial charge in [-0.3, -0.25) is 9.59 Å². The van der Waals surface area contributed by atoms with E-state index in [2.05, 4.69) is 10.6 Å². The van der Waals surface area contributed by atoms with E-state index in [4.69, 9.17) is 14.2 Å². The molecule has 0 aromatic heterocycles. The zero-order valence-electron chi connectivity index (χ0n) is 13.6. The van der Waals surface area contributed by atoms with Gasteiger partial charge in [-0.2, -0.15) is 0 Å². The van der Waals surface area contributed by atoms with Crippen LogP contribution in [0.3, 0.4) is 0 Å². The number of rotatable bonds is 7. The first-order valence-corrected chi connectivity index (χ1v) is 7.65. The van der Waals surface area contributed by atoms with E-state index in [1.807, 2.05) is 6.92 Å². The SMILES string of the molecule is CCCNC(=O)[C@@H](C)NC(=O)COC(=O)c1ccc2c(c1)OCO2. The number of fused-ring (bicyclic) bond motifs is 1. The molecule has 24 heavy (non-hydrogen) atoms. The molecular weight excluding hydrogens is 316 g/mol. The predicted molar refractivity (Wildman–Crippen MR) is 83.8 cm³/mol. The zero-order chi connectivity index (χ0) is 17.5. The largest absolute Gasteiger partial charge is 0.454 e. The minimum atomic E-state index is -0.701. The van der Waals surface area contributed by atoms with E-state index >= 15 is 0 Å². The fourth-order valence-electron chi connectivity index (χ4n) is 1.99. The molecule has 1 aromatic carbocycles. The Morgan fingerprint density at radius 2 is 2.00 bits per heavy atom. The van der Waals surface area contributed by atoms with E-state index in [0.717, 1.165) is 6.42 Å². The highest BCUT2D eigenvalue weighted by Crippen LogP contribution is 2.32. The molecule has 2 N–H and O–H groups in total. The number of ether oxygens (including phenoxy) is 3. The molecule has 0 fully saturated rings. The minimum absolute atomic E-state index is 0.105. The monoisotopic (exact) mass is 336 g/mol. The third kappa shape index (κ3) is 4.61.